The van der Waals surface area contributed by atoms with Crippen LogP contribution in [0.25, 0.3) is 0 Å². The lowest BCUT2D eigenvalue weighted by molar-refractivity contribution is 0.0697. The maximum absolute atomic E-state index is 12.0. The Hall–Kier alpha value is -2.53. The molecule has 1 aliphatic heterocycles. The minimum absolute atomic E-state index is 0.0588. The smallest absolute Gasteiger partial charge is 0.337 e. The van der Waals surface area contributed by atoms with Crippen LogP contribution in [0.1, 0.15) is 10.4 Å². The summed E-state index contributed by atoms with van der Waals surface area (Å²) in [5, 5.41) is 10.3. The fraction of sp³-hybridized carbons (Fsp3) is 0.381. The topological polar surface area (TPSA) is 102 Å². The number of nitrogens with one attached hydrogen (secondary N) is 1. The van der Waals surface area contributed by atoms with Crippen molar-refractivity contribution in [2.75, 3.05) is 63.0 Å². The van der Waals surface area contributed by atoms with E-state index in [1.165, 1.54) is 20.2 Å². The largest absolute Gasteiger partial charge is 0.492 e. The zero-order chi connectivity index (χ0) is 23.3. The van der Waals surface area contributed by atoms with Crippen molar-refractivity contribution in [1.82, 2.24) is 9.21 Å². The minimum Gasteiger partial charge on any atom is -0.492 e. The number of carbonyl (C=O) groups is 1. The van der Waals surface area contributed by atoms with Crippen molar-refractivity contribution < 1.29 is 23.1 Å². The van der Waals surface area contributed by atoms with Crippen molar-refractivity contribution in [3.63, 3.8) is 0 Å². The molecule has 0 radical (unpaired) electrons. The maximum Gasteiger partial charge on any atom is 0.337 e. The lowest BCUT2D eigenvalue weighted by atomic mass is 10.1. The Morgan fingerprint density at radius 2 is 1.78 bits per heavy atom. The maximum atomic E-state index is 12.0. The quantitative estimate of drug-likeness (QED) is 0.566. The summed E-state index contributed by atoms with van der Waals surface area (Å²) in [6.07, 6.45) is 0. The molecular formula is C21H27ClN4O5S. The van der Waals surface area contributed by atoms with Crippen LogP contribution in [-0.4, -0.2) is 82.1 Å². The summed E-state index contributed by atoms with van der Waals surface area (Å²) in [6, 6.07) is 11.8. The van der Waals surface area contributed by atoms with E-state index in [2.05, 4.69) is 9.62 Å². The zero-order valence-electron chi connectivity index (χ0n) is 18.0. The van der Waals surface area contributed by atoms with Crippen molar-refractivity contribution >= 4 is 39.2 Å². The number of nitrogens with zero attached hydrogens (tertiary/aromatic N) is 3. The molecule has 0 atom stereocenters. The molecule has 0 spiro atoms. The fourth-order valence-corrected chi connectivity index (χ4v) is 4.06. The summed E-state index contributed by atoms with van der Waals surface area (Å²) in [6.45, 7) is 4.14. The molecule has 2 aromatic carbocycles. The molecule has 1 saturated heterocycles. The van der Waals surface area contributed by atoms with Crippen LogP contribution in [0, 0.1) is 0 Å². The van der Waals surface area contributed by atoms with E-state index in [0.29, 0.717) is 30.4 Å². The highest BCUT2D eigenvalue weighted by Crippen LogP contribution is 2.26. The van der Waals surface area contributed by atoms with Crippen molar-refractivity contribution in [2.24, 2.45) is 0 Å². The molecular weight excluding hydrogens is 456 g/mol. The Bertz CT molecular complexity index is 1040. The van der Waals surface area contributed by atoms with Gasteiger partial charge in [0.25, 0.3) is 0 Å². The second-order valence-corrected chi connectivity index (χ2v) is 9.88. The molecule has 0 saturated carbocycles. The molecule has 0 bridgehead atoms. The number of aromatic carboxylic acids is 1. The molecule has 9 nitrogen and oxygen atoms in total. The highest BCUT2D eigenvalue weighted by atomic mass is 35.5. The number of carboxylic acids is 1. The van der Waals surface area contributed by atoms with Gasteiger partial charge in [0.1, 0.15) is 12.4 Å². The SMILES string of the molecule is CN(C)S(=O)(=O)Nc1ccc(N2CCN(CCOc3ccc(Cl)cc3)CC2)c(C(=O)O)c1. The number of carboxylic acid groups (broad SMARTS) is 1. The Morgan fingerprint density at radius 1 is 1.12 bits per heavy atom. The third kappa shape index (κ3) is 6.26. The van der Waals surface area contributed by atoms with Gasteiger partial charge in [0, 0.05) is 51.8 Å². The molecule has 32 heavy (non-hydrogen) atoms. The highest BCUT2D eigenvalue weighted by Gasteiger charge is 2.23. The molecule has 0 unspecified atom stereocenters. The van der Waals surface area contributed by atoms with Crippen LogP contribution in [0.15, 0.2) is 42.5 Å². The van der Waals surface area contributed by atoms with E-state index in [-0.39, 0.29) is 11.3 Å². The summed E-state index contributed by atoms with van der Waals surface area (Å²) in [7, 11) is -0.923. The Kier molecular flexibility index (Phi) is 7.83. The number of benzene rings is 2. The third-order valence-electron chi connectivity index (χ3n) is 5.16. The Morgan fingerprint density at radius 3 is 2.38 bits per heavy atom. The van der Waals surface area contributed by atoms with Crippen molar-refractivity contribution in [3.05, 3.63) is 53.1 Å². The Labute approximate surface area is 193 Å². The van der Waals surface area contributed by atoms with Gasteiger partial charge in [-0.15, -0.1) is 0 Å². The number of halogens is 1. The van der Waals surface area contributed by atoms with Gasteiger partial charge >= 0.3 is 16.2 Å². The van der Waals surface area contributed by atoms with E-state index >= 15 is 0 Å². The van der Waals surface area contributed by atoms with Crippen LogP contribution in [0.5, 0.6) is 5.75 Å². The first-order valence-corrected chi connectivity index (χ1v) is 11.9. The van der Waals surface area contributed by atoms with Gasteiger partial charge in [-0.3, -0.25) is 9.62 Å². The first-order valence-electron chi connectivity index (χ1n) is 10.1. The summed E-state index contributed by atoms with van der Waals surface area (Å²) >= 11 is 5.87. The van der Waals surface area contributed by atoms with Gasteiger partial charge in [0.05, 0.1) is 16.9 Å². The van der Waals surface area contributed by atoms with Gasteiger partial charge in [-0.05, 0) is 42.5 Å². The second kappa shape index (κ2) is 10.4. The highest BCUT2D eigenvalue weighted by molar-refractivity contribution is 7.90. The molecule has 2 aromatic rings. The van der Waals surface area contributed by atoms with Crippen LogP contribution >= 0.6 is 11.6 Å². The third-order valence-corrected chi connectivity index (χ3v) is 6.86. The zero-order valence-corrected chi connectivity index (χ0v) is 19.6. The van der Waals surface area contributed by atoms with Gasteiger partial charge in [0.2, 0.25) is 0 Å². The predicted octanol–water partition coefficient (Wildman–Crippen LogP) is 2.46. The van der Waals surface area contributed by atoms with Crippen molar-refractivity contribution in [1.29, 1.82) is 0 Å². The van der Waals surface area contributed by atoms with Crippen LogP contribution in [0.3, 0.4) is 0 Å². The normalized spacial score (nSPS) is 15.1. The molecule has 2 N–H and O–H groups in total. The average Bonchev–Trinajstić information content (AvgIpc) is 2.75. The van der Waals surface area contributed by atoms with Gasteiger partial charge in [-0.2, -0.15) is 12.7 Å². The number of hydrogen-bond donors (Lipinski definition) is 2. The lowest BCUT2D eigenvalue weighted by Gasteiger charge is -2.36. The molecule has 1 heterocycles. The molecule has 3 rings (SSSR count). The lowest BCUT2D eigenvalue weighted by Crippen LogP contribution is -2.47. The molecule has 11 heteroatoms. The van der Waals surface area contributed by atoms with Gasteiger partial charge in [-0.1, -0.05) is 11.6 Å². The number of rotatable bonds is 9. The first-order chi connectivity index (χ1) is 15.2. The number of ether oxygens (including phenoxy) is 1. The van der Waals surface area contributed by atoms with Crippen molar-refractivity contribution in [2.45, 2.75) is 0 Å². The standard InChI is InChI=1S/C21H27ClN4O5S/c1-24(2)32(29,30)23-17-5-8-20(19(15-17)21(27)28)26-11-9-25(10-12-26)13-14-31-18-6-3-16(22)4-7-18/h3-8,15,23H,9-14H2,1-2H3,(H,27,28). The van der Waals surface area contributed by atoms with E-state index in [1.807, 2.05) is 17.0 Å². The predicted molar refractivity (Wildman–Crippen MR) is 125 cm³/mol. The van der Waals surface area contributed by atoms with Gasteiger partial charge in [0.15, 0.2) is 0 Å². The molecule has 1 aliphatic rings. The molecule has 1 fully saturated rings. The van der Waals surface area contributed by atoms with Crippen LogP contribution < -0.4 is 14.4 Å². The summed E-state index contributed by atoms with van der Waals surface area (Å²) in [4.78, 5) is 16.1. The number of piperazine rings is 1. The van der Waals surface area contributed by atoms with E-state index in [9.17, 15) is 18.3 Å². The number of hydrogen-bond acceptors (Lipinski definition) is 6. The fourth-order valence-electron chi connectivity index (χ4n) is 3.32. The molecule has 0 aromatic heterocycles. The molecule has 0 amide bonds. The van der Waals surface area contributed by atoms with E-state index in [0.717, 1.165) is 29.7 Å². The Balaban J connectivity index is 1.58. The number of anilines is 2. The van der Waals surface area contributed by atoms with Crippen molar-refractivity contribution in [3.8, 4) is 5.75 Å². The van der Waals surface area contributed by atoms with E-state index < -0.39 is 16.2 Å². The second-order valence-electron chi connectivity index (χ2n) is 7.56. The minimum atomic E-state index is -3.72. The van der Waals surface area contributed by atoms with Gasteiger partial charge in [-0.25, -0.2) is 4.79 Å². The monoisotopic (exact) mass is 482 g/mol. The van der Waals surface area contributed by atoms with E-state index in [1.54, 1.807) is 24.3 Å². The summed E-state index contributed by atoms with van der Waals surface area (Å²) < 4.78 is 33.2. The van der Waals surface area contributed by atoms with E-state index in [4.69, 9.17) is 16.3 Å². The van der Waals surface area contributed by atoms with Crippen LogP contribution in [-0.2, 0) is 10.2 Å². The average molecular weight is 483 g/mol. The molecule has 174 valence electrons. The summed E-state index contributed by atoms with van der Waals surface area (Å²) in [5.74, 6) is -0.339. The summed E-state index contributed by atoms with van der Waals surface area (Å²) in [5.41, 5.74) is 0.837. The molecule has 0 aliphatic carbocycles. The van der Waals surface area contributed by atoms with Crippen LogP contribution in [0.4, 0.5) is 11.4 Å². The first kappa shape index (κ1) is 24.1. The van der Waals surface area contributed by atoms with Crippen LogP contribution in [0.2, 0.25) is 5.02 Å². The van der Waals surface area contributed by atoms with Gasteiger partial charge < -0.3 is 14.7 Å².